The summed E-state index contributed by atoms with van der Waals surface area (Å²) in [4.78, 5) is 18.7. The lowest BCUT2D eigenvalue weighted by Crippen LogP contribution is -2.49. The highest BCUT2D eigenvalue weighted by molar-refractivity contribution is 5.94. The summed E-state index contributed by atoms with van der Waals surface area (Å²) in [5, 5.41) is 8.41. The number of anilines is 2. The van der Waals surface area contributed by atoms with Crippen molar-refractivity contribution in [2.45, 2.75) is 0 Å². The van der Waals surface area contributed by atoms with E-state index in [2.05, 4.69) is 20.0 Å². The number of halogens is 1. The van der Waals surface area contributed by atoms with Crippen LogP contribution in [0.15, 0.2) is 36.5 Å². The molecule has 27 heavy (non-hydrogen) atoms. The maximum absolute atomic E-state index is 13.4. The van der Waals surface area contributed by atoms with Crippen molar-refractivity contribution in [2.75, 3.05) is 62.3 Å². The Bertz CT molecular complexity index is 804. The number of morpholine rings is 1. The summed E-state index contributed by atoms with van der Waals surface area (Å²) in [6.07, 6.45) is 1.78. The summed E-state index contributed by atoms with van der Waals surface area (Å²) in [7, 11) is 0. The van der Waals surface area contributed by atoms with Crippen LogP contribution in [-0.2, 0) is 4.74 Å². The molecule has 2 aliphatic rings. The second kappa shape index (κ2) is 7.87. The Morgan fingerprint density at radius 2 is 1.78 bits per heavy atom. The molecule has 0 bridgehead atoms. The SMILES string of the molecule is O=C(c1cccc(F)c1)N1CCN(c2cc(N3CCOCC3)cnn2)CC1. The van der Waals surface area contributed by atoms with E-state index >= 15 is 0 Å². The van der Waals surface area contributed by atoms with E-state index < -0.39 is 5.82 Å². The van der Waals surface area contributed by atoms with E-state index in [0.717, 1.165) is 37.8 Å². The van der Waals surface area contributed by atoms with E-state index in [-0.39, 0.29) is 5.91 Å². The van der Waals surface area contributed by atoms with Crippen LogP contribution in [0.3, 0.4) is 0 Å². The molecule has 1 aromatic heterocycles. The standard InChI is InChI=1S/C19H22FN5O2/c20-16-3-1-2-15(12-16)19(26)25-6-4-24(5-7-25)18-13-17(14-21-22-18)23-8-10-27-11-9-23/h1-3,12-14H,4-11H2. The predicted molar refractivity (Wildman–Crippen MR) is 99.6 cm³/mol. The van der Waals surface area contributed by atoms with Crippen LogP contribution in [0.25, 0.3) is 0 Å². The van der Waals surface area contributed by atoms with Gasteiger partial charge in [-0.1, -0.05) is 6.07 Å². The number of ether oxygens (including phenoxy) is 1. The van der Waals surface area contributed by atoms with Gasteiger partial charge in [-0.25, -0.2) is 4.39 Å². The monoisotopic (exact) mass is 371 g/mol. The van der Waals surface area contributed by atoms with Gasteiger partial charge in [0.25, 0.3) is 5.91 Å². The molecule has 0 unspecified atom stereocenters. The highest BCUT2D eigenvalue weighted by Gasteiger charge is 2.24. The number of aromatic nitrogens is 2. The molecule has 1 aromatic carbocycles. The fraction of sp³-hybridized carbons (Fsp3) is 0.421. The lowest BCUT2D eigenvalue weighted by Gasteiger charge is -2.36. The van der Waals surface area contributed by atoms with Gasteiger partial charge in [-0.3, -0.25) is 4.79 Å². The summed E-state index contributed by atoms with van der Waals surface area (Å²) >= 11 is 0. The number of amides is 1. The van der Waals surface area contributed by atoms with Gasteiger partial charge in [0.15, 0.2) is 5.82 Å². The maximum atomic E-state index is 13.4. The molecule has 7 nitrogen and oxygen atoms in total. The Balaban J connectivity index is 1.40. The van der Waals surface area contributed by atoms with E-state index in [0.29, 0.717) is 31.7 Å². The molecule has 0 spiro atoms. The minimum absolute atomic E-state index is 0.137. The molecule has 3 heterocycles. The fourth-order valence-corrected chi connectivity index (χ4v) is 3.44. The summed E-state index contributed by atoms with van der Waals surface area (Å²) in [6.45, 7) is 5.61. The molecular weight excluding hydrogens is 349 g/mol. The zero-order valence-electron chi connectivity index (χ0n) is 15.1. The maximum Gasteiger partial charge on any atom is 0.254 e. The van der Waals surface area contributed by atoms with Crippen molar-refractivity contribution in [1.29, 1.82) is 0 Å². The minimum Gasteiger partial charge on any atom is -0.378 e. The molecule has 2 saturated heterocycles. The van der Waals surface area contributed by atoms with E-state index in [1.807, 2.05) is 6.07 Å². The van der Waals surface area contributed by atoms with Crippen LogP contribution in [0, 0.1) is 5.82 Å². The van der Waals surface area contributed by atoms with Crippen molar-refractivity contribution in [3.63, 3.8) is 0 Å². The Labute approximate surface area is 157 Å². The highest BCUT2D eigenvalue weighted by Crippen LogP contribution is 2.21. The van der Waals surface area contributed by atoms with Crippen molar-refractivity contribution in [3.05, 3.63) is 47.9 Å². The zero-order valence-corrected chi connectivity index (χ0v) is 15.1. The Hall–Kier alpha value is -2.74. The average molecular weight is 371 g/mol. The third-order valence-electron chi connectivity index (χ3n) is 4.97. The molecule has 2 aromatic rings. The van der Waals surface area contributed by atoms with Crippen molar-refractivity contribution >= 4 is 17.4 Å². The van der Waals surface area contributed by atoms with Crippen molar-refractivity contribution in [2.24, 2.45) is 0 Å². The van der Waals surface area contributed by atoms with Gasteiger partial charge in [-0.2, -0.15) is 5.10 Å². The van der Waals surface area contributed by atoms with Crippen LogP contribution >= 0.6 is 0 Å². The smallest absolute Gasteiger partial charge is 0.254 e. The fourth-order valence-electron chi connectivity index (χ4n) is 3.44. The lowest BCUT2D eigenvalue weighted by atomic mass is 10.1. The Morgan fingerprint density at radius 3 is 2.52 bits per heavy atom. The highest BCUT2D eigenvalue weighted by atomic mass is 19.1. The van der Waals surface area contributed by atoms with Gasteiger partial charge in [-0.15, -0.1) is 5.10 Å². The number of benzene rings is 1. The Kier molecular flexibility index (Phi) is 5.15. The number of rotatable bonds is 3. The Morgan fingerprint density at radius 1 is 1.00 bits per heavy atom. The van der Waals surface area contributed by atoms with E-state index in [1.54, 1.807) is 23.2 Å². The topological polar surface area (TPSA) is 61.8 Å². The summed E-state index contributed by atoms with van der Waals surface area (Å²) in [5.74, 6) is 0.286. The largest absolute Gasteiger partial charge is 0.378 e. The van der Waals surface area contributed by atoms with Gasteiger partial charge in [0.2, 0.25) is 0 Å². The van der Waals surface area contributed by atoms with Gasteiger partial charge in [-0.05, 0) is 18.2 Å². The van der Waals surface area contributed by atoms with Gasteiger partial charge < -0.3 is 19.4 Å². The number of hydrogen-bond donors (Lipinski definition) is 0. The van der Waals surface area contributed by atoms with Crippen LogP contribution in [-0.4, -0.2) is 73.5 Å². The number of carbonyl (C=O) groups excluding carboxylic acids is 1. The van der Waals surface area contributed by atoms with E-state index in [4.69, 9.17) is 4.74 Å². The van der Waals surface area contributed by atoms with Crippen LogP contribution in [0.4, 0.5) is 15.9 Å². The van der Waals surface area contributed by atoms with Crippen molar-refractivity contribution in [1.82, 2.24) is 15.1 Å². The normalized spacial score (nSPS) is 17.9. The molecule has 8 heteroatoms. The summed E-state index contributed by atoms with van der Waals surface area (Å²) in [6, 6.07) is 7.88. The first-order valence-electron chi connectivity index (χ1n) is 9.16. The third-order valence-corrected chi connectivity index (χ3v) is 4.97. The molecule has 0 aliphatic carbocycles. The van der Waals surface area contributed by atoms with Crippen LogP contribution in [0.2, 0.25) is 0 Å². The second-order valence-corrected chi connectivity index (χ2v) is 6.66. The number of nitrogens with zero attached hydrogens (tertiary/aromatic N) is 5. The molecule has 2 fully saturated rings. The quantitative estimate of drug-likeness (QED) is 0.813. The molecule has 142 valence electrons. The van der Waals surface area contributed by atoms with E-state index in [9.17, 15) is 9.18 Å². The van der Waals surface area contributed by atoms with Crippen LogP contribution in [0.5, 0.6) is 0 Å². The first kappa shape index (κ1) is 17.7. The molecule has 2 aliphatic heterocycles. The van der Waals surface area contributed by atoms with E-state index in [1.165, 1.54) is 12.1 Å². The molecule has 0 atom stereocenters. The molecule has 1 amide bonds. The average Bonchev–Trinajstić information content (AvgIpc) is 2.74. The first-order chi connectivity index (χ1) is 13.2. The summed E-state index contributed by atoms with van der Waals surface area (Å²) in [5.41, 5.74) is 1.43. The lowest BCUT2D eigenvalue weighted by molar-refractivity contribution is 0.0746. The van der Waals surface area contributed by atoms with Crippen molar-refractivity contribution in [3.8, 4) is 0 Å². The zero-order chi connectivity index (χ0) is 18.6. The van der Waals surface area contributed by atoms with Crippen LogP contribution < -0.4 is 9.80 Å². The van der Waals surface area contributed by atoms with Crippen LogP contribution in [0.1, 0.15) is 10.4 Å². The molecular formula is C19H22FN5O2. The molecule has 4 rings (SSSR count). The number of hydrogen-bond acceptors (Lipinski definition) is 6. The molecule has 0 radical (unpaired) electrons. The van der Waals surface area contributed by atoms with Gasteiger partial charge in [0.05, 0.1) is 25.1 Å². The van der Waals surface area contributed by atoms with Gasteiger partial charge in [0, 0.05) is 50.9 Å². The first-order valence-corrected chi connectivity index (χ1v) is 9.16. The van der Waals surface area contributed by atoms with Gasteiger partial charge in [0.1, 0.15) is 5.82 Å². The second-order valence-electron chi connectivity index (χ2n) is 6.66. The summed E-state index contributed by atoms with van der Waals surface area (Å²) < 4.78 is 18.8. The minimum atomic E-state index is -0.394. The molecule has 0 saturated carbocycles. The number of carbonyl (C=O) groups is 1. The third kappa shape index (κ3) is 4.00. The van der Waals surface area contributed by atoms with Crippen molar-refractivity contribution < 1.29 is 13.9 Å². The predicted octanol–water partition coefficient (Wildman–Crippen LogP) is 1.41. The van der Waals surface area contributed by atoms with Gasteiger partial charge >= 0.3 is 0 Å². The molecule has 0 N–H and O–H groups in total. The number of piperazine rings is 1.